The van der Waals surface area contributed by atoms with Crippen LogP contribution in [0.2, 0.25) is 0 Å². The summed E-state index contributed by atoms with van der Waals surface area (Å²) in [6.07, 6.45) is 4.02. The van der Waals surface area contributed by atoms with Crippen LogP contribution in [0.25, 0.3) is 5.65 Å². The number of hydrogen-bond donors (Lipinski definition) is 2. The number of carbonyl (C=O) groups is 1. The van der Waals surface area contributed by atoms with Crippen LogP contribution in [-0.2, 0) is 0 Å². The Morgan fingerprint density at radius 3 is 2.90 bits per heavy atom. The van der Waals surface area contributed by atoms with Crippen molar-refractivity contribution in [1.29, 1.82) is 0 Å². The molecule has 2 aromatic rings. The molecular formula is C15H20N4O2. The van der Waals surface area contributed by atoms with Crippen LogP contribution in [0.5, 0.6) is 0 Å². The van der Waals surface area contributed by atoms with E-state index in [1.807, 2.05) is 13.0 Å². The van der Waals surface area contributed by atoms with Gasteiger partial charge in [0, 0.05) is 25.5 Å². The first-order valence-electron chi connectivity index (χ1n) is 7.10. The topological polar surface area (TPSA) is 75.5 Å². The van der Waals surface area contributed by atoms with Crippen molar-refractivity contribution in [1.82, 2.24) is 20.0 Å². The number of rotatable bonds is 6. The second-order valence-electron chi connectivity index (χ2n) is 4.92. The molecule has 2 aromatic heterocycles. The number of hydrogen-bond acceptors (Lipinski definition) is 4. The Labute approximate surface area is 123 Å². The number of fused-ring (bicyclic) bond motifs is 1. The molecule has 0 aromatic carbocycles. The zero-order valence-electron chi connectivity index (χ0n) is 12.3. The number of nitrogens with zero attached hydrogens (tertiary/aromatic N) is 2. The van der Waals surface area contributed by atoms with E-state index in [0.29, 0.717) is 18.7 Å². The van der Waals surface area contributed by atoms with Gasteiger partial charge in [0.1, 0.15) is 11.2 Å². The van der Waals surface area contributed by atoms with Gasteiger partial charge in [0.05, 0.1) is 0 Å². The first-order chi connectivity index (χ1) is 10.1. The average molecular weight is 288 g/mol. The predicted molar refractivity (Wildman–Crippen MR) is 81.7 cm³/mol. The maximum atomic E-state index is 12.3. The van der Waals surface area contributed by atoms with E-state index >= 15 is 0 Å². The Hall–Kier alpha value is -2.21. The highest BCUT2D eigenvalue weighted by atomic mass is 16.2. The molecule has 0 aliphatic rings. The molecule has 6 heteroatoms. The standard InChI is InChI=1S/C15H20N4O2/c1-3-5-16-6-7-17-14(20)12-10-18-13-9-11(2)4-8-19(13)15(12)21/h4,8-10,16H,3,5-7H2,1-2H3,(H,17,20). The van der Waals surface area contributed by atoms with Crippen LogP contribution in [0.1, 0.15) is 29.3 Å². The van der Waals surface area contributed by atoms with Gasteiger partial charge in [0.25, 0.3) is 11.5 Å². The summed E-state index contributed by atoms with van der Waals surface area (Å²) >= 11 is 0. The van der Waals surface area contributed by atoms with Gasteiger partial charge in [-0.2, -0.15) is 0 Å². The molecule has 1 amide bonds. The van der Waals surface area contributed by atoms with Crippen molar-refractivity contribution in [3.05, 3.63) is 46.0 Å². The molecular weight excluding hydrogens is 268 g/mol. The van der Waals surface area contributed by atoms with Crippen LogP contribution in [0.3, 0.4) is 0 Å². The Balaban J connectivity index is 2.11. The highest BCUT2D eigenvalue weighted by molar-refractivity contribution is 5.93. The monoisotopic (exact) mass is 288 g/mol. The van der Waals surface area contributed by atoms with Crippen LogP contribution in [0, 0.1) is 6.92 Å². The quantitative estimate of drug-likeness (QED) is 0.769. The Kier molecular flexibility index (Phi) is 5.05. The largest absolute Gasteiger partial charge is 0.351 e. The molecule has 0 saturated carbocycles. The van der Waals surface area contributed by atoms with Crippen LogP contribution in [0.15, 0.2) is 29.3 Å². The van der Waals surface area contributed by atoms with Crippen molar-refractivity contribution in [2.75, 3.05) is 19.6 Å². The lowest BCUT2D eigenvalue weighted by Gasteiger charge is -2.07. The minimum Gasteiger partial charge on any atom is -0.351 e. The summed E-state index contributed by atoms with van der Waals surface area (Å²) in [5, 5.41) is 5.90. The molecule has 0 fully saturated rings. The first kappa shape index (κ1) is 15.2. The number of nitrogens with one attached hydrogen (secondary N) is 2. The summed E-state index contributed by atoms with van der Waals surface area (Å²) in [7, 11) is 0. The maximum Gasteiger partial charge on any atom is 0.270 e. The molecule has 2 rings (SSSR count). The van der Waals surface area contributed by atoms with E-state index in [4.69, 9.17) is 0 Å². The predicted octanol–water partition coefficient (Wildman–Crippen LogP) is 0.732. The lowest BCUT2D eigenvalue weighted by molar-refractivity contribution is 0.0952. The molecule has 0 aliphatic carbocycles. The van der Waals surface area contributed by atoms with E-state index < -0.39 is 0 Å². The molecule has 0 spiro atoms. The molecule has 112 valence electrons. The van der Waals surface area contributed by atoms with Crippen molar-refractivity contribution < 1.29 is 4.79 Å². The van der Waals surface area contributed by atoms with Crippen LogP contribution in [0.4, 0.5) is 0 Å². The van der Waals surface area contributed by atoms with Crippen molar-refractivity contribution in [3.8, 4) is 0 Å². The van der Waals surface area contributed by atoms with Gasteiger partial charge in [-0.25, -0.2) is 4.98 Å². The van der Waals surface area contributed by atoms with Gasteiger partial charge in [-0.15, -0.1) is 0 Å². The first-order valence-corrected chi connectivity index (χ1v) is 7.10. The van der Waals surface area contributed by atoms with Gasteiger partial charge in [0.15, 0.2) is 0 Å². The number of aryl methyl sites for hydroxylation is 1. The van der Waals surface area contributed by atoms with Crippen molar-refractivity contribution in [2.45, 2.75) is 20.3 Å². The third-order valence-electron chi connectivity index (χ3n) is 3.12. The van der Waals surface area contributed by atoms with Gasteiger partial charge in [-0.1, -0.05) is 6.92 Å². The summed E-state index contributed by atoms with van der Waals surface area (Å²) in [4.78, 5) is 28.4. The second kappa shape index (κ2) is 6.99. The molecule has 0 bridgehead atoms. The molecule has 21 heavy (non-hydrogen) atoms. The van der Waals surface area contributed by atoms with Gasteiger partial charge < -0.3 is 10.6 Å². The van der Waals surface area contributed by atoms with Crippen LogP contribution >= 0.6 is 0 Å². The fourth-order valence-corrected chi connectivity index (χ4v) is 1.99. The Morgan fingerprint density at radius 2 is 2.14 bits per heavy atom. The number of pyridine rings is 1. The third kappa shape index (κ3) is 3.66. The lowest BCUT2D eigenvalue weighted by atomic mass is 10.2. The maximum absolute atomic E-state index is 12.3. The Morgan fingerprint density at radius 1 is 1.33 bits per heavy atom. The van der Waals surface area contributed by atoms with Gasteiger partial charge in [-0.3, -0.25) is 14.0 Å². The van der Waals surface area contributed by atoms with Crippen molar-refractivity contribution in [2.24, 2.45) is 0 Å². The summed E-state index contributed by atoms with van der Waals surface area (Å²) in [6, 6.07) is 3.62. The number of aromatic nitrogens is 2. The molecule has 0 aliphatic heterocycles. The van der Waals surface area contributed by atoms with Gasteiger partial charge in [0.2, 0.25) is 0 Å². The average Bonchev–Trinajstić information content (AvgIpc) is 2.47. The van der Waals surface area contributed by atoms with Crippen LogP contribution < -0.4 is 16.2 Å². The highest BCUT2D eigenvalue weighted by Gasteiger charge is 2.12. The second-order valence-corrected chi connectivity index (χ2v) is 4.92. The lowest BCUT2D eigenvalue weighted by Crippen LogP contribution is -2.35. The van der Waals surface area contributed by atoms with Crippen LogP contribution in [-0.4, -0.2) is 34.9 Å². The summed E-state index contributed by atoms with van der Waals surface area (Å²) < 4.78 is 1.39. The minimum atomic E-state index is -0.388. The van der Waals surface area contributed by atoms with E-state index in [1.54, 1.807) is 12.3 Å². The molecule has 0 saturated heterocycles. The fourth-order valence-electron chi connectivity index (χ4n) is 1.99. The highest BCUT2D eigenvalue weighted by Crippen LogP contribution is 2.02. The minimum absolute atomic E-state index is 0.0619. The molecule has 6 nitrogen and oxygen atoms in total. The zero-order chi connectivity index (χ0) is 15.2. The van der Waals surface area contributed by atoms with E-state index in [1.165, 1.54) is 10.6 Å². The zero-order valence-corrected chi connectivity index (χ0v) is 12.3. The normalized spacial score (nSPS) is 10.8. The number of amides is 1. The SMILES string of the molecule is CCCNCCNC(=O)c1cnc2cc(C)ccn2c1=O. The van der Waals surface area contributed by atoms with Gasteiger partial charge in [-0.05, 0) is 37.6 Å². The van der Waals surface area contributed by atoms with Crippen molar-refractivity contribution >= 4 is 11.6 Å². The summed E-state index contributed by atoms with van der Waals surface area (Å²) in [6.45, 7) is 6.08. The fraction of sp³-hybridized carbons (Fsp3) is 0.400. The molecule has 2 N–H and O–H groups in total. The Bertz CT molecular complexity index is 694. The van der Waals surface area contributed by atoms with Crippen molar-refractivity contribution in [3.63, 3.8) is 0 Å². The molecule has 0 radical (unpaired) electrons. The van der Waals surface area contributed by atoms with E-state index in [-0.39, 0.29) is 17.0 Å². The summed E-state index contributed by atoms with van der Waals surface area (Å²) in [5.74, 6) is -0.388. The molecule has 2 heterocycles. The molecule has 0 unspecified atom stereocenters. The summed E-state index contributed by atoms with van der Waals surface area (Å²) in [5.41, 5.74) is 1.27. The third-order valence-corrected chi connectivity index (χ3v) is 3.12. The van der Waals surface area contributed by atoms with E-state index in [9.17, 15) is 9.59 Å². The van der Waals surface area contributed by atoms with E-state index in [0.717, 1.165) is 18.5 Å². The number of carbonyl (C=O) groups excluding carboxylic acids is 1. The molecule has 0 atom stereocenters. The smallest absolute Gasteiger partial charge is 0.270 e. The van der Waals surface area contributed by atoms with Gasteiger partial charge >= 0.3 is 0 Å². The van der Waals surface area contributed by atoms with E-state index in [2.05, 4.69) is 22.5 Å².